The van der Waals surface area contributed by atoms with Crippen LogP contribution >= 0.6 is 24.8 Å². The number of carbonyl (C=O) groups is 1. The van der Waals surface area contributed by atoms with Gasteiger partial charge in [0.15, 0.2) is 0 Å². The monoisotopic (exact) mass is 413 g/mol. The zero-order chi connectivity index (χ0) is 17.5. The highest BCUT2D eigenvalue weighted by Gasteiger charge is 2.27. The predicted molar refractivity (Wildman–Crippen MR) is 109 cm³/mol. The van der Waals surface area contributed by atoms with Crippen molar-refractivity contribution >= 4 is 30.7 Å². The topological polar surface area (TPSA) is 72.5 Å². The van der Waals surface area contributed by atoms with Crippen LogP contribution in [0.1, 0.15) is 18.2 Å². The Kier molecular flexibility index (Phi) is 10.1. The smallest absolute Gasteiger partial charge is 0.240 e. The van der Waals surface area contributed by atoms with E-state index in [1.54, 1.807) is 6.20 Å². The molecule has 0 bridgehead atoms. The van der Waals surface area contributed by atoms with Crippen LogP contribution in [-0.2, 0) is 22.7 Å². The summed E-state index contributed by atoms with van der Waals surface area (Å²) in [7, 11) is 0. The number of hydrogen-bond donors (Lipinski definition) is 2. The third-order valence-corrected chi connectivity index (χ3v) is 4.10. The van der Waals surface area contributed by atoms with Crippen molar-refractivity contribution in [1.82, 2.24) is 15.6 Å². The van der Waals surface area contributed by atoms with Gasteiger partial charge in [0, 0.05) is 19.3 Å². The first-order valence-electron chi connectivity index (χ1n) is 8.47. The lowest BCUT2D eigenvalue weighted by molar-refractivity contribution is -0.129. The number of benzene rings is 1. The standard InChI is InChI=1S/C19H23N3O3.2ClH/c1-14-18(21-10-11-24-14)19(23)22-12-15-5-7-17(8-6-15)25-13-16-4-2-3-9-20-16;;/h2-9,14,18,21H,10-13H2,1H3,(H,22,23);2*1H/t14-,18+;;/m1../s1. The quantitative estimate of drug-likeness (QED) is 0.760. The maximum absolute atomic E-state index is 12.2. The molecule has 0 radical (unpaired) electrons. The fraction of sp³-hybridized carbons (Fsp3) is 0.368. The molecule has 3 rings (SSSR count). The van der Waals surface area contributed by atoms with Gasteiger partial charge in [-0.25, -0.2) is 0 Å². The largest absolute Gasteiger partial charge is 0.487 e. The van der Waals surface area contributed by atoms with E-state index < -0.39 is 0 Å². The van der Waals surface area contributed by atoms with Gasteiger partial charge < -0.3 is 20.1 Å². The van der Waals surface area contributed by atoms with E-state index in [9.17, 15) is 4.79 Å². The first-order chi connectivity index (χ1) is 12.2. The van der Waals surface area contributed by atoms with Crippen LogP contribution in [0.25, 0.3) is 0 Å². The summed E-state index contributed by atoms with van der Waals surface area (Å²) in [5, 5.41) is 6.13. The molecule has 1 aromatic heterocycles. The van der Waals surface area contributed by atoms with Crippen molar-refractivity contribution in [1.29, 1.82) is 0 Å². The highest BCUT2D eigenvalue weighted by molar-refractivity contribution is 5.85. The lowest BCUT2D eigenvalue weighted by Gasteiger charge is -2.29. The van der Waals surface area contributed by atoms with E-state index in [4.69, 9.17) is 9.47 Å². The number of halogens is 2. The van der Waals surface area contributed by atoms with E-state index in [2.05, 4.69) is 15.6 Å². The first kappa shape index (κ1) is 23.2. The summed E-state index contributed by atoms with van der Waals surface area (Å²) in [5.41, 5.74) is 1.90. The van der Waals surface area contributed by atoms with Crippen molar-refractivity contribution in [2.75, 3.05) is 13.2 Å². The number of rotatable bonds is 6. The van der Waals surface area contributed by atoms with Crippen LogP contribution in [0, 0.1) is 0 Å². The third kappa shape index (κ3) is 6.99. The molecule has 1 amide bonds. The third-order valence-electron chi connectivity index (χ3n) is 4.10. The second-order valence-electron chi connectivity index (χ2n) is 5.98. The second kappa shape index (κ2) is 11.8. The number of morpholine rings is 1. The van der Waals surface area contributed by atoms with Crippen LogP contribution in [0.4, 0.5) is 0 Å². The molecule has 2 N–H and O–H groups in total. The van der Waals surface area contributed by atoms with Crippen molar-refractivity contribution in [3.63, 3.8) is 0 Å². The molecule has 1 fully saturated rings. The minimum absolute atomic E-state index is 0. The number of aromatic nitrogens is 1. The molecule has 1 aliphatic rings. The minimum atomic E-state index is -0.297. The van der Waals surface area contributed by atoms with E-state index in [1.807, 2.05) is 49.4 Å². The summed E-state index contributed by atoms with van der Waals surface area (Å²) in [4.78, 5) is 16.4. The Balaban J connectivity index is 0.00000182. The van der Waals surface area contributed by atoms with Crippen LogP contribution in [0.5, 0.6) is 5.75 Å². The molecule has 1 aliphatic heterocycles. The molecule has 6 nitrogen and oxygen atoms in total. The molecule has 0 saturated carbocycles. The number of carbonyl (C=O) groups excluding carboxylic acids is 1. The molecule has 2 aromatic rings. The van der Waals surface area contributed by atoms with Crippen molar-refractivity contribution in [3.05, 3.63) is 59.9 Å². The summed E-state index contributed by atoms with van der Waals surface area (Å²) in [6.07, 6.45) is 1.63. The highest BCUT2D eigenvalue weighted by atomic mass is 35.5. The van der Waals surface area contributed by atoms with Gasteiger partial charge in [0.1, 0.15) is 18.4 Å². The first-order valence-corrected chi connectivity index (χ1v) is 8.47. The molecule has 2 atom stereocenters. The van der Waals surface area contributed by atoms with Crippen LogP contribution in [-0.4, -0.2) is 36.2 Å². The Morgan fingerprint density at radius 1 is 1.26 bits per heavy atom. The molecule has 148 valence electrons. The minimum Gasteiger partial charge on any atom is -0.487 e. The Bertz CT molecular complexity index is 686. The molecule has 2 heterocycles. The van der Waals surface area contributed by atoms with Crippen LogP contribution < -0.4 is 15.4 Å². The fourth-order valence-electron chi connectivity index (χ4n) is 2.67. The number of nitrogens with zero attached hydrogens (tertiary/aromatic N) is 1. The van der Waals surface area contributed by atoms with Gasteiger partial charge in [0.25, 0.3) is 0 Å². The summed E-state index contributed by atoms with van der Waals surface area (Å²) in [5.74, 6) is 0.736. The van der Waals surface area contributed by atoms with Gasteiger partial charge in [-0.3, -0.25) is 9.78 Å². The van der Waals surface area contributed by atoms with Crippen LogP contribution in [0.3, 0.4) is 0 Å². The Hall–Kier alpha value is -1.86. The molecule has 1 saturated heterocycles. The van der Waals surface area contributed by atoms with Gasteiger partial charge in [-0.15, -0.1) is 24.8 Å². The lowest BCUT2D eigenvalue weighted by Crippen LogP contribution is -2.55. The van der Waals surface area contributed by atoms with E-state index in [0.29, 0.717) is 26.3 Å². The Labute approximate surface area is 171 Å². The van der Waals surface area contributed by atoms with Crippen molar-refractivity contribution in [3.8, 4) is 5.75 Å². The second-order valence-corrected chi connectivity index (χ2v) is 5.98. The van der Waals surface area contributed by atoms with Gasteiger partial charge >= 0.3 is 0 Å². The zero-order valence-corrected chi connectivity index (χ0v) is 16.7. The molecule has 1 aromatic carbocycles. The number of amides is 1. The summed E-state index contributed by atoms with van der Waals surface area (Å²) >= 11 is 0. The fourth-order valence-corrected chi connectivity index (χ4v) is 2.67. The van der Waals surface area contributed by atoms with Crippen LogP contribution in [0.15, 0.2) is 48.7 Å². The maximum Gasteiger partial charge on any atom is 0.240 e. The Morgan fingerprint density at radius 3 is 2.70 bits per heavy atom. The SMILES string of the molecule is C[C@H]1OCCN[C@@H]1C(=O)NCc1ccc(OCc2ccccn2)cc1.Cl.Cl. The summed E-state index contributed by atoms with van der Waals surface area (Å²) < 4.78 is 11.2. The molecule has 27 heavy (non-hydrogen) atoms. The number of nitrogens with one attached hydrogen (secondary N) is 2. The molecule has 8 heteroatoms. The molecular weight excluding hydrogens is 389 g/mol. The number of hydrogen-bond acceptors (Lipinski definition) is 5. The summed E-state index contributed by atoms with van der Waals surface area (Å²) in [6, 6.07) is 13.1. The van der Waals surface area contributed by atoms with Crippen molar-refractivity contribution < 1.29 is 14.3 Å². The van der Waals surface area contributed by atoms with E-state index in [-0.39, 0.29) is 42.9 Å². The van der Waals surface area contributed by atoms with Gasteiger partial charge in [-0.1, -0.05) is 18.2 Å². The van der Waals surface area contributed by atoms with Crippen molar-refractivity contribution in [2.45, 2.75) is 32.2 Å². The van der Waals surface area contributed by atoms with Gasteiger partial charge in [-0.2, -0.15) is 0 Å². The van der Waals surface area contributed by atoms with Gasteiger partial charge in [0.05, 0.1) is 18.4 Å². The summed E-state index contributed by atoms with van der Waals surface area (Å²) in [6.45, 7) is 4.16. The molecular formula is C19H25Cl2N3O3. The number of ether oxygens (including phenoxy) is 2. The van der Waals surface area contributed by atoms with Crippen LogP contribution in [0.2, 0.25) is 0 Å². The lowest BCUT2D eigenvalue weighted by atomic mass is 10.1. The van der Waals surface area contributed by atoms with Gasteiger partial charge in [-0.05, 0) is 36.8 Å². The van der Waals surface area contributed by atoms with E-state index in [0.717, 1.165) is 17.0 Å². The van der Waals surface area contributed by atoms with E-state index in [1.165, 1.54) is 0 Å². The zero-order valence-electron chi connectivity index (χ0n) is 15.1. The van der Waals surface area contributed by atoms with Gasteiger partial charge in [0.2, 0.25) is 5.91 Å². The average Bonchev–Trinajstić information content (AvgIpc) is 2.66. The molecule has 0 aliphatic carbocycles. The van der Waals surface area contributed by atoms with E-state index >= 15 is 0 Å². The average molecular weight is 414 g/mol. The normalized spacial score (nSPS) is 18.6. The highest BCUT2D eigenvalue weighted by Crippen LogP contribution is 2.14. The predicted octanol–water partition coefficient (Wildman–Crippen LogP) is 2.50. The number of pyridine rings is 1. The van der Waals surface area contributed by atoms with Crippen molar-refractivity contribution in [2.24, 2.45) is 0 Å². The molecule has 0 spiro atoms. The maximum atomic E-state index is 12.2. The Morgan fingerprint density at radius 2 is 2.04 bits per heavy atom. The molecule has 0 unspecified atom stereocenters.